The van der Waals surface area contributed by atoms with Gasteiger partial charge in [-0.05, 0) is 18.3 Å². The molecule has 120 valence electrons. The van der Waals surface area contributed by atoms with Crippen molar-refractivity contribution in [1.29, 1.82) is 0 Å². The first-order valence-electron chi connectivity index (χ1n) is 7.70. The topological polar surface area (TPSA) is 72.8 Å². The van der Waals surface area contributed by atoms with Gasteiger partial charge in [-0.3, -0.25) is 4.79 Å². The van der Waals surface area contributed by atoms with Crippen molar-refractivity contribution in [3.8, 4) is 0 Å². The maximum absolute atomic E-state index is 11.7. The second-order valence-electron chi connectivity index (χ2n) is 7.01. The molecular formula is C17H22O5. The van der Waals surface area contributed by atoms with Crippen LogP contribution in [-0.4, -0.2) is 35.4 Å². The molecule has 2 fully saturated rings. The molecule has 1 saturated heterocycles. The molecule has 1 N–H and O–H groups in total. The highest BCUT2D eigenvalue weighted by Crippen LogP contribution is 2.54. The minimum absolute atomic E-state index is 0.101. The molecule has 1 aliphatic heterocycles. The number of aliphatic hydroxyl groups is 1. The van der Waals surface area contributed by atoms with Gasteiger partial charge in [0.2, 0.25) is 0 Å². The monoisotopic (exact) mass is 306 g/mol. The van der Waals surface area contributed by atoms with Gasteiger partial charge in [0.25, 0.3) is 0 Å². The number of hydrogen-bond donors (Lipinski definition) is 1. The van der Waals surface area contributed by atoms with Crippen molar-refractivity contribution in [3.05, 3.63) is 23.8 Å². The van der Waals surface area contributed by atoms with E-state index in [4.69, 9.17) is 9.47 Å². The van der Waals surface area contributed by atoms with Crippen molar-refractivity contribution in [2.75, 3.05) is 0 Å². The SMILES string of the molecule is C=C1C(=O)OC2CC3(C)CC(OC(C)=O)C(O)C(C)C3=CC12. The Bertz CT molecular complexity index is 578. The maximum Gasteiger partial charge on any atom is 0.334 e. The largest absolute Gasteiger partial charge is 0.460 e. The number of esters is 2. The summed E-state index contributed by atoms with van der Waals surface area (Å²) < 4.78 is 10.7. The van der Waals surface area contributed by atoms with Crippen LogP contribution in [0, 0.1) is 17.3 Å². The van der Waals surface area contributed by atoms with Gasteiger partial charge in [-0.2, -0.15) is 0 Å². The molecule has 5 heteroatoms. The first-order valence-corrected chi connectivity index (χ1v) is 7.70. The van der Waals surface area contributed by atoms with Crippen molar-refractivity contribution in [2.24, 2.45) is 17.3 Å². The Labute approximate surface area is 130 Å². The number of carbonyl (C=O) groups excluding carboxylic acids is 2. The predicted molar refractivity (Wildman–Crippen MR) is 78.7 cm³/mol. The molecule has 0 radical (unpaired) electrons. The van der Waals surface area contributed by atoms with Crippen LogP contribution in [0.15, 0.2) is 23.8 Å². The molecule has 1 saturated carbocycles. The van der Waals surface area contributed by atoms with Gasteiger partial charge < -0.3 is 14.6 Å². The zero-order chi connectivity index (χ0) is 16.2. The van der Waals surface area contributed by atoms with Crippen LogP contribution in [-0.2, 0) is 19.1 Å². The van der Waals surface area contributed by atoms with Crippen molar-refractivity contribution >= 4 is 11.9 Å². The molecule has 6 atom stereocenters. The molecule has 6 unspecified atom stereocenters. The Morgan fingerprint density at radius 3 is 2.82 bits per heavy atom. The summed E-state index contributed by atoms with van der Waals surface area (Å²) in [5, 5.41) is 10.5. The van der Waals surface area contributed by atoms with E-state index in [0.29, 0.717) is 18.4 Å². The van der Waals surface area contributed by atoms with Gasteiger partial charge >= 0.3 is 11.9 Å². The Morgan fingerprint density at radius 1 is 1.50 bits per heavy atom. The van der Waals surface area contributed by atoms with E-state index in [9.17, 15) is 14.7 Å². The highest BCUT2D eigenvalue weighted by Gasteiger charge is 2.53. The van der Waals surface area contributed by atoms with Crippen LogP contribution in [0.4, 0.5) is 0 Å². The third-order valence-corrected chi connectivity index (χ3v) is 5.38. The van der Waals surface area contributed by atoms with Crippen LogP contribution in [0.5, 0.6) is 0 Å². The van der Waals surface area contributed by atoms with Gasteiger partial charge in [-0.1, -0.05) is 32.1 Å². The smallest absolute Gasteiger partial charge is 0.334 e. The number of fused-ring (bicyclic) bond motifs is 2. The van der Waals surface area contributed by atoms with Crippen LogP contribution < -0.4 is 0 Å². The maximum atomic E-state index is 11.7. The fourth-order valence-corrected chi connectivity index (χ4v) is 4.28. The number of hydrogen-bond acceptors (Lipinski definition) is 5. The summed E-state index contributed by atoms with van der Waals surface area (Å²) in [4.78, 5) is 23.0. The lowest BCUT2D eigenvalue weighted by Gasteiger charge is -2.49. The van der Waals surface area contributed by atoms with Crippen LogP contribution in [0.3, 0.4) is 0 Å². The lowest BCUT2D eigenvalue weighted by molar-refractivity contribution is -0.160. The molecule has 0 amide bonds. The van der Waals surface area contributed by atoms with Crippen molar-refractivity contribution in [3.63, 3.8) is 0 Å². The second kappa shape index (κ2) is 4.95. The summed E-state index contributed by atoms with van der Waals surface area (Å²) in [6.45, 7) is 9.20. The van der Waals surface area contributed by atoms with E-state index in [2.05, 4.69) is 13.5 Å². The van der Waals surface area contributed by atoms with Crippen LogP contribution in [0.25, 0.3) is 0 Å². The molecule has 3 aliphatic rings. The Hall–Kier alpha value is -1.62. The lowest BCUT2D eigenvalue weighted by atomic mass is 9.58. The first-order chi connectivity index (χ1) is 10.2. The predicted octanol–water partition coefficient (Wildman–Crippen LogP) is 1.75. The van der Waals surface area contributed by atoms with Crippen molar-refractivity contribution in [1.82, 2.24) is 0 Å². The second-order valence-corrected chi connectivity index (χ2v) is 7.01. The van der Waals surface area contributed by atoms with Crippen molar-refractivity contribution < 1.29 is 24.2 Å². The number of rotatable bonds is 1. The van der Waals surface area contributed by atoms with Gasteiger partial charge in [0.15, 0.2) is 0 Å². The standard InChI is InChI=1S/C17H22O5/c1-8-11-5-12-9(2)15(19)14(21-10(3)18)7-17(12,4)6-13(11)22-16(8)20/h5,9,11,13-15,19H,1,6-7H2,2-4H3. The summed E-state index contributed by atoms with van der Waals surface area (Å²) in [6, 6.07) is 0. The summed E-state index contributed by atoms with van der Waals surface area (Å²) in [6.07, 6.45) is 1.80. The average Bonchev–Trinajstić information content (AvgIpc) is 2.68. The van der Waals surface area contributed by atoms with E-state index in [1.54, 1.807) is 0 Å². The van der Waals surface area contributed by atoms with E-state index in [1.807, 2.05) is 13.0 Å². The normalized spacial score (nSPS) is 43.8. The third-order valence-electron chi connectivity index (χ3n) is 5.38. The molecule has 1 heterocycles. The summed E-state index contributed by atoms with van der Waals surface area (Å²) in [5.41, 5.74) is 1.36. The summed E-state index contributed by atoms with van der Waals surface area (Å²) in [5.74, 6) is -0.955. The summed E-state index contributed by atoms with van der Waals surface area (Å²) in [7, 11) is 0. The van der Waals surface area contributed by atoms with Gasteiger partial charge in [0, 0.05) is 24.3 Å². The quantitative estimate of drug-likeness (QED) is 0.454. The van der Waals surface area contributed by atoms with E-state index in [0.717, 1.165) is 5.57 Å². The number of ether oxygens (including phenoxy) is 2. The minimum atomic E-state index is -0.730. The lowest BCUT2D eigenvalue weighted by Crippen LogP contribution is -2.50. The molecule has 22 heavy (non-hydrogen) atoms. The van der Waals surface area contributed by atoms with Crippen LogP contribution >= 0.6 is 0 Å². The fourth-order valence-electron chi connectivity index (χ4n) is 4.28. The van der Waals surface area contributed by atoms with E-state index in [-0.39, 0.29) is 35.3 Å². The molecule has 3 rings (SSSR count). The zero-order valence-corrected chi connectivity index (χ0v) is 13.2. The van der Waals surface area contributed by atoms with E-state index in [1.165, 1.54) is 6.92 Å². The van der Waals surface area contributed by atoms with Crippen LogP contribution in [0.1, 0.15) is 33.6 Å². The Kier molecular flexibility index (Phi) is 3.44. The highest BCUT2D eigenvalue weighted by molar-refractivity contribution is 5.91. The summed E-state index contributed by atoms with van der Waals surface area (Å²) >= 11 is 0. The molecule has 0 spiro atoms. The Balaban J connectivity index is 1.95. The first kappa shape index (κ1) is 15.3. The molecule has 0 bridgehead atoms. The average molecular weight is 306 g/mol. The Morgan fingerprint density at radius 2 is 2.18 bits per heavy atom. The number of aliphatic hydroxyl groups excluding tert-OH is 1. The van der Waals surface area contributed by atoms with Gasteiger partial charge in [0.1, 0.15) is 12.2 Å². The van der Waals surface area contributed by atoms with Gasteiger partial charge in [-0.15, -0.1) is 0 Å². The molecule has 0 aromatic carbocycles. The molecule has 0 aromatic rings. The molecule has 5 nitrogen and oxygen atoms in total. The molecule has 2 aliphatic carbocycles. The zero-order valence-electron chi connectivity index (χ0n) is 13.2. The van der Waals surface area contributed by atoms with Gasteiger partial charge in [-0.25, -0.2) is 4.79 Å². The fraction of sp³-hybridized carbons (Fsp3) is 0.647. The van der Waals surface area contributed by atoms with Crippen molar-refractivity contribution in [2.45, 2.75) is 51.9 Å². The number of carbonyl (C=O) groups is 2. The van der Waals surface area contributed by atoms with Gasteiger partial charge in [0.05, 0.1) is 6.10 Å². The van der Waals surface area contributed by atoms with E-state index < -0.39 is 12.2 Å². The molecular weight excluding hydrogens is 284 g/mol. The van der Waals surface area contributed by atoms with Crippen LogP contribution in [0.2, 0.25) is 0 Å². The third kappa shape index (κ3) is 2.19. The minimum Gasteiger partial charge on any atom is -0.460 e. The van der Waals surface area contributed by atoms with E-state index >= 15 is 0 Å². The highest BCUT2D eigenvalue weighted by atomic mass is 16.6. The molecule has 0 aromatic heterocycles.